The van der Waals surface area contributed by atoms with Crippen molar-refractivity contribution in [1.29, 1.82) is 0 Å². The van der Waals surface area contributed by atoms with Gasteiger partial charge >= 0.3 is 0 Å². The lowest BCUT2D eigenvalue weighted by Gasteiger charge is -2.14. The molecule has 0 aliphatic rings. The van der Waals surface area contributed by atoms with E-state index >= 15 is 0 Å². The molecule has 0 bridgehead atoms. The Bertz CT molecular complexity index is 1150. The van der Waals surface area contributed by atoms with Crippen molar-refractivity contribution in [2.45, 2.75) is 20.4 Å². The van der Waals surface area contributed by atoms with E-state index in [2.05, 4.69) is 40.2 Å². The van der Waals surface area contributed by atoms with E-state index in [4.69, 9.17) is 16.3 Å². The molecule has 0 saturated carbocycles. The van der Waals surface area contributed by atoms with Gasteiger partial charge < -0.3 is 10.1 Å². The number of nitrogens with one attached hydrogen (secondary N) is 1. The summed E-state index contributed by atoms with van der Waals surface area (Å²) in [5.74, 6) is 2.26. The van der Waals surface area contributed by atoms with E-state index in [1.807, 2.05) is 42.5 Å². The van der Waals surface area contributed by atoms with Crippen molar-refractivity contribution in [1.82, 2.24) is 15.0 Å². The molecular formula is C22H19ClN4O. The van der Waals surface area contributed by atoms with Crippen LogP contribution in [0, 0.1) is 13.8 Å². The van der Waals surface area contributed by atoms with Crippen molar-refractivity contribution in [3.63, 3.8) is 0 Å². The molecule has 0 saturated heterocycles. The number of ether oxygens (including phenoxy) is 1. The Morgan fingerprint density at radius 1 is 0.929 bits per heavy atom. The van der Waals surface area contributed by atoms with Crippen LogP contribution in [-0.2, 0) is 6.54 Å². The van der Waals surface area contributed by atoms with E-state index in [1.54, 1.807) is 12.4 Å². The predicted molar refractivity (Wildman–Crippen MR) is 112 cm³/mol. The van der Waals surface area contributed by atoms with Crippen LogP contribution in [0.4, 0.5) is 5.82 Å². The van der Waals surface area contributed by atoms with Gasteiger partial charge in [-0.2, -0.15) is 0 Å². The van der Waals surface area contributed by atoms with E-state index in [9.17, 15) is 0 Å². The number of halogens is 1. The Morgan fingerprint density at radius 2 is 1.79 bits per heavy atom. The summed E-state index contributed by atoms with van der Waals surface area (Å²) in [7, 11) is 0. The second-order valence-corrected chi connectivity index (χ2v) is 6.99. The van der Waals surface area contributed by atoms with Crippen molar-refractivity contribution in [2.75, 3.05) is 5.32 Å². The molecule has 2 aromatic heterocycles. The molecule has 4 aromatic rings. The second kappa shape index (κ2) is 7.82. The third kappa shape index (κ3) is 4.05. The van der Waals surface area contributed by atoms with Gasteiger partial charge in [0.1, 0.15) is 22.8 Å². The number of rotatable bonds is 5. The summed E-state index contributed by atoms with van der Waals surface area (Å²) < 4.78 is 6.12. The number of benzene rings is 2. The standard InChI is InChI=1S/C22H19ClN4O/c1-14-3-5-18(11-15(14)2)28-20-7-4-17(23)12-16(20)13-26-21-8-6-19-22(27-21)25-10-9-24-19/h3-12H,13H2,1-2H3,(H,25,26,27). The summed E-state index contributed by atoms with van der Waals surface area (Å²) in [6.07, 6.45) is 3.28. The van der Waals surface area contributed by atoms with Gasteiger partial charge in [0.05, 0.1) is 0 Å². The average molecular weight is 391 g/mol. The zero-order chi connectivity index (χ0) is 19.5. The van der Waals surface area contributed by atoms with Crippen molar-refractivity contribution < 1.29 is 4.74 Å². The van der Waals surface area contributed by atoms with Crippen LogP contribution in [0.1, 0.15) is 16.7 Å². The maximum Gasteiger partial charge on any atom is 0.180 e. The van der Waals surface area contributed by atoms with Crippen LogP contribution in [0.5, 0.6) is 11.5 Å². The van der Waals surface area contributed by atoms with E-state index in [1.165, 1.54) is 11.1 Å². The van der Waals surface area contributed by atoms with E-state index < -0.39 is 0 Å². The first-order chi connectivity index (χ1) is 13.6. The summed E-state index contributed by atoms with van der Waals surface area (Å²) in [6, 6.07) is 15.4. The lowest BCUT2D eigenvalue weighted by molar-refractivity contribution is 0.476. The molecule has 0 radical (unpaired) electrons. The Morgan fingerprint density at radius 3 is 2.64 bits per heavy atom. The largest absolute Gasteiger partial charge is 0.457 e. The van der Waals surface area contributed by atoms with Crippen LogP contribution in [0.2, 0.25) is 5.02 Å². The van der Waals surface area contributed by atoms with Gasteiger partial charge in [-0.15, -0.1) is 0 Å². The maximum absolute atomic E-state index is 6.21. The third-order valence-electron chi connectivity index (χ3n) is 4.52. The molecule has 28 heavy (non-hydrogen) atoms. The predicted octanol–water partition coefficient (Wildman–Crippen LogP) is 5.70. The van der Waals surface area contributed by atoms with Gasteiger partial charge in [0, 0.05) is 29.5 Å². The SMILES string of the molecule is Cc1ccc(Oc2ccc(Cl)cc2CNc2ccc3nccnc3n2)cc1C. The summed E-state index contributed by atoms with van der Waals surface area (Å²) in [5, 5.41) is 3.96. The summed E-state index contributed by atoms with van der Waals surface area (Å²) >= 11 is 6.21. The fourth-order valence-corrected chi connectivity index (χ4v) is 3.02. The van der Waals surface area contributed by atoms with Crippen LogP contribution in [0.15, 0.2) is 60.9 Å². The van der Waals surface area contributed by atoms with Crippen LogP contribution < -0.4 is 10.1 Å². The number of aromatic nitrogens is 3. The van der Waals surface area contributed by atoms with Crippen LogP contribution in [-0.4, -0.2) is 15.0 Å². The number of anilines is 1. The average Bonchev–Trinajstić information content (AvgIpc) is 2.70. The van der Waals surface area contributed by atoms with Gasteiger partial charge in [0.15, 0.2) is 5.65 Å². The topological polar surface area (TPSA) is 59.9 Å². The molecule has 2 heterocycles. The molecular weight excluding hydrogens is 372 g/mol. The van der Waals surface area contributed by atoms with E-state index in [0.29, 0.717) is 23.0 Å². The summed E-state index contributed by atoms with van der Waals surface area (Å²) in [4.78, 5) is 13.0. The highest BCUT2D eigenvalue weighted by molar-refractivity contribution is 6.30. The van der Waals surface area contributed by atoms with Crippen molar-refractivity contribution in [2.24, 2.45) is 0 Å². The van der Waals surface area contributed by atoms with Gasteiger partial charge in [-0.25, -0.2) is 9.97 Å². The third-order valence-corrected chi connectivity index (χ3v) is 4.76. The minimum atomic E-state index is 0.513. The number of aryl methyl sites for hydroxylation is 2. The quantitative estimate of drug-likeness (QED) is 0.473. The van der Waals surface area contributed by atoms with E-state index in [0.717, 1.165) is 22.6 Å². The summed E-state index contributed by atoms with van der Waals surface area (Å²) in [5.41, 5.74) is 4.72. The molecule has 0 amide bonds. The van der Waals surface area contributed by atoms with Gasteiger partial charge in [-0.05, 0) is 67.4 Å². The normalized spacial score (nSPS) is 10.8. The van der Waals surface area contributed by atoms with E-state index in [-0.39, 0.29) is 0 Å². The first-order valence-electron chi connectivity index (χ1n) is 8.94. The molecule has 2 aromatic carbocycles. The van der Waals surface area contributed by atoms with Crippen molar-refractivity contribution in [3.05, 3.63) is 82.6 Å². The lowest BCUT2D eigenvalue weighted by atomic mass is 10.1. The molecule has 0 aliphatic carbocycles. The van der Waals surface area contributed by atoms with Gasteiger partial charge in [-0.1, -0.05) is 17.7 Å². The fourth-order valence-electron chi connectivity index (χ4n) is 2.83. The number of pyridine rings is 1. The van der Waals surface area contributed by atoms with Crippen LogP contribution in [0.25, 0.3) is 11.2 Å². The molecule has 0 aliphatic heterocycles. The van der Waals surface area contributed by atoms with Gasteiger partial charge in [-0.3, -0.25) is 4.98 Å². The van der Waals surface area contributed by atoms with Crippen molar-refractivity contribution >= 4 is 28.6 Å². The smallest absolute Gasteiger partial charge is 0.180 e. The zero-order valence-electron chi connectivity index (χ0n) is 15.6. The molecule has 6 heteroatoms. The Labute approximate surface area is 168 Å². The number of nitrogens with zero attached hydrogens (tertiary/aromatic N) is 3. The maximum atomic E-state index is 6.21. The van der Waals surface area contributed by atoms with Crippen LogP contribution >= 0.6 is 11.6 Å². The molecule has 4 rings (SSSR count). The summed E-state index contributed by atoms with van der Waals surface area (Å²) in [6.45, 7) is 4.66. The molecule has 0 fully saturated rings. The highest BCUT2D eigenvalue weighted by Gasteiger charge is 2.08. The number of hydrogen-bond donors (Lipinski definition) is 1. The van der Waals surface area contributed by atoms with Crippen molar-refractivity contribution in [3.8, 4) is 11.5 Å². The monoisotopic (exact) mass is 390 g/mol. The Kier molecular flexibility index (Phi) is 5.08. The Balaban J connectivity index is 1.56. The molecule has 140 valence electrons. The first kappa shape index (κ1) is 18.2. The minimum Gasteiger partial charge on any atom is -0.457 e. The van der Waals surface area contributed by atoms with Crippen LogP contribution in [0.3, 0.4) is 0 Å². The zero-order valence-corrected chi connectivity index (χ0v) is 16.4. The van der Waals surface area contributed by atoms with Gasteiger partial charge in [0.2, 0.25) is 0 Å². The Hall–Kier alpha value is -3.18. The molecule has 1 N–H and O–H groups in total. The fraction of sp³-hybridized carbons (Fsp3) is 0.136. The highest BCUT2D eigenvalue weighted by atomic mass is 35.5. The molecule has 0 spiro atoms. The minimum absolute atomic E-state index is 0.513. The number of hydrogen-bond acceptors (Lipinski definition) is 5. The highest BCUT2D eigenvalue weighted by Crippen LogP contribution is 2.29. The lowest BCUT2D eigenvalue weighted by Crippen LogP contribution is -2.03. The molecule has 0 atom stereocenters. The molecule has 5 nitrogen and oxygen atoms in total. The molecule has 0 unspecified atom stereocenters. The second-order valence-electron chi connectivity index (χ2n) is 6.55. The number of fused-ring (bicyclic) bond motifs is 1. The van der Waals surface area contributed by atoms with Gasteiger partial charge in [0.25, 0.3) is 0 Å². The first-order valence-corrected chi connectivity index (χ1v) is 9.31.